The molecule has 0 atom stereocenters. The average molecular weight is 379 g/mol. The van der Waals surface area contributed by atoms with Gasteiger partial charge in [0.15, 0.2) is 0 Å². The van der Waals surface area contributed by atoms with Crippen molar-refractivity contribution < 1.29 is 19.1 Å². The van der Waals surface area contributed by atoms with Crippen molar-refractivity contribution in [2.24, 2.45) is 0 Å². The molecule has 2 aromatic heterocycles. The number of rotatable bonds is 4. The fourth-order valence-corrected chi connectivity index (χ4v) is 3.81. The zero-order valence-electron chi connectivity index (χ0n) is 15.0. The Balaban J connectivity index is 1.90. The van der Waals surface area contributed by atoms with Gasteiger partial charge < -0.3 is 14.4 Å². The first-order valence-electron chi connectivity index (χ1n) is 8.43. The third-order valence-corrected chi connectivity index (χ3v) is 5.29. The number of hydrogen-bond donors (Lipinski definition) is 0. The van der Waals surface area contributed by atoms with Crippen molar-refractivity contribution in [2.45, 2.75) is 33.4 Å². The standard InChI is InChI=1S/C17H21N3O5S/c1-10(2)25-17(23)14-11(3)13-15(26-14)18-9-20(16(13)22)8-12(21)19-4-6-24-7-5-19/h9-10H,4-8H2,1-3H3. The molecule has 3 rings (SSSR count). The van der Waals surface area contributed by atoms with Gasteiger partial charge in [0.1, 0.15) is 16.3 Å². The van der Waals surface area contributed by atoms with Gasteiger partial charge in [0, 0.05) is 13.1 Å². The van der Waals surface area contributed by atoms with Crippen LogP contribution in [0.2, 0.25) is 0 Å². The summed E-state index contributed by atoms with van der Waals surface area (Å²) in [6, 6.07) is 0. The number of aryl methyl sites for hydroxylation is 1. The van der Waals surface area contributed by atoms with Crippen LogP contribution in [0.25, 0.3) is 10.2 Å². The van der Waals surface area contributed by atoms with E-state index in [1.807, 2.05) is 0 Å². The number of morpholine rings is 1. The molecule has 2 aromatic rings. The number of fused-ring (bicyclic) bond motifs is 1. The van der Waals surface area contributed by atoms with E-state index < -0.39 is 5.97 Å². The van der Waals surface area contributed by atoms with Gasteiger partial charge in [0.05, 0.1) is 31.0 Å². The lowest BCUT2D eigenvalue weighted by molar-refractivity contribution is -0.135. The van der Waals surface area contributed by atoms with Crippen LogP contribution in [0.15, 0.2) is 11.1 Å². The Hall–Kier alpha value is -2.26. The lowest BCUT2D eigenvalue weighted by atomic mass is 10.2. The molecule has 1 saturated heterocycles. The second kappa shape index (κ2) is 7.55. The molecule has 0 radical (unpaired) electrons. The molecule has 8 nitrogen and oxygen atoms in total. The van der Waals surface area contributed by atoms with E-state index in [1.165, 1.54) is 10.9 Å². The molecular weight excluding hydrogens is 358 g/mol. The molecule has 9 heteroatoms. The smallest absolute Gasteiger partial charge is 0.348 e. The first-order valence-corrected chi connectivity index (χ1v) is 9.25. The summed E-state index contributed by atoms with van der Waals surface area (Å²) in [5.74, 6) is -0.611. The van der Waals surface area contributed by atoms with Crippen molar-refractivity contribution in [3.63, 3.8) is 0 Å². The molecule has 0 N–H and O–H groups in total. The number of carbonyl (C=O) groups excluding carboxylic acids is 2. The van der Waals surface area contributed by atoms with Gasteiger partial charge in [0.2, 0.25) is 5.91 Å². The minimum Gasteiger partial charge on any atom is -0.459 e. The number of amides is 1. The van der Waals surface area contributed by atoms with E-state index in [4.69, 9.17) is 9.47 Å². The Morgan fingerprint density at radius 2 is 2.04 bits per heavy atom. The molecule has 0 aliphatic carbocycles. The SMILES string of the molecule is Cc1c(C(=O)OC(C)C)sc2ncn(CC(=O)N3CCOCC3)c(=O)c12. The fourth-order valence-electron chi connectivity index (χ4n) is 2.79. The Labute approximate surface area is 154 Å². The molecule has 1 amide bonds. The maximum absolute atomic E-state index is 12.8. The summed E-state index contributed by atoms with van der Waals surface area (Å²) in [6.45, 7) is 7.20. The first kappa shape index (κ1) is 18.5. The molecule has 140 valence electrons. The average Bonchev–Trinajstić information content (AvgIpc) is 2.95. The maximum Gasteiger partial charge on any atom is 0.348 e. The normalized spacial score (nSPS) is 14.8. The predicted octanol–water partition coefficient (Wildman–Crippen LogP) is 1.19. The molecule has 1 aliphatic heterocycles. The van der Waals surface area contributed by atoms with Crippen LogP contribution in [0.4, 0.5) is 0 Å². The quantitative estimate of drug-likeness (QED) is 0.741. The Bertz CT molecular complexity index is 896. The Morgan fingerprint density at radius 3 is 2.69 bits per heavy atom. The summed E-state index contributed by atoms with van der Waals surface area (Å²) in [6.07, 6.45) is 1.11. The predicted molar refractivity (Wildman–Crippen MR) is 96.6 cm³/mol. The van der Waals surface area contributed by atoms with Gasteiger partial charge >= 0.3 is 5.97 Å². The van der Waals surface area contributed by atoms with Crippen LogP contribution in [0.3, 0.4) is 0 Å². The van der Waals surface area contributed by atoms with Crippen LogP contribution in [0.1, 0.15) is 29.1 Å². The van der Waals surface area contributed by atoms with E-state index in [0.717, 1.165) is 11.3 Å². The van der Waals surface area contributed by atoms with Crippen molar-refractivity contribution in [2.75, 3.05) is 26.3 Å². The van der Waals surface area contributed by atoms with Crippen LogP contribution >= 0.6 is 11.3 Å². The molecule has 0 unspecified atom stereocenters. The maximum atomic E-state index is 12.8. The van der Waals surface area contributed by atoms with E-state index in [0.29, 0.717) is 47.0 Å². The summed E-state index contributed by atoms with van der Waals surface area (Å²) >= 11 is 1.13. The van der Waals surface area contributed by atoms with E-state index in [9.17, 15) is 14.4 Å². The summed E-state index contributed by atoms with van der Waals surface area (Å²) in [7, 11) is 0. The number of hydrogen-bond acceptors (Lipinski definition) is 7. The molecule has 3 heterocycles. The molecule has 0 saturated carbocycles. The highest BCUT2D eigenvalue weighted by Crippen LogP contribution is 2.27. The highest BCUT2D eigenvalue weighted by atomic mass is 32.1. The summed E-state index contributed by atoms with van der Waals surface area (Å²) in [5.41, 5.74) is 0.218. The molecule has 1 fully saturated rings. The van der Waals surface area contributed by atoms with E-state index >= 15 is 0 Å². The van der Waals surface area contributed by atoms with Crippen molar-refractivity contribution >= 4 is 33.4 Å². The number of ether oxygens (including phenoxy) is 2. The third-order valence-electron chi connectivity index (χ3n) is 4.11. The van der Waals surface area contributed by atoms with Crippen LogP contribution in [-0.2, 0) is 20.8 Å². The molecule has 0 aromatic carbocycles. The summed E-state index contributed by atoms with van der Waals surface area (Å²) < 4.78 is 11.7. The van der Waals surface area contributed by atoms with Crippen molar-refractivity contribution in [3.8, 4) is 0 Å². The zero-order valence-corrected chi connectivity index (χ0v) is 15.8. The largest absolute Gasteiger partial charge is 0.459 e. The minimum absolute atomic E-state index is 0.0805. The molecule has 26 heavy (non-hydrogen) atoms. The van der Waals surface area contributed by atoms with E-state index in [1.54, 1.807) is 25.7 Å². The monoisotopic (exact) mass is 379 g/mol. The highest BCUT2D eigenvalue weighted by Gasteiger charge is 2.23. The van der Waals surface area contributed by atoms with Gasteiger partial charge in [-0.15, -0.1) is 11.3 Å². The summed E-state index contributed by atoms with van der Waals surface area (Å²) in [4.78, 5) is 44.2. The minimum atomic E-state index is -0.462. The van der Waals surface area contributed by atoms with Crippen LogP contribution in [0.5, 0.6) is 0 Å². The van der Waals surface area contributed by atoms with Crippen LogP contribution < -0.4 is 5.56 Å². The second-order valence-corrected chi connectivity index (χ2v) is 7.36. The topological polar surface area (TPSA) is 90.7 Å². The lowest BCUT2D eigenvalue weighted by Gasteiger charge is -2.26. The molecule has 0 spiro atoms. The van der Waals surface area contributed by atoms with Crippen molar-refractivity contribution in [3.05, 3.63) is 27.1 Å². The third kappa shape index (κ3) is 3.63. The van der Waals surface area contributed by atoms with Gasteiger partial charge in [-0.3, -0.25) is 14.2 Å². The second-order valence-electron chi connectivity index (χ2n) is 6.36. The fraction of sp³-hybridized carbons (Fsp3) is 0.529. The van der Waals surface area contributed by atoms with Gasteiger partial charge in [0.25, 0.3) is 5.56 Å². The summed E-state index contributed by atoms with van der Waals surface area (Å²) in [5, 5.41) is 0.364. The van der Waals surface area contributed by atoms with Crippen LogP contribution in [-0.4, -0.2) is 58.7 Å². The molecule has 1 aliphatic rings. The Kier molecular flexibility index (Phi) is 5.38. The zero-order chi connectivity index (χ0) is 18.8. The van der Waals surface area contributed by atoms with Gasteiger partial charge in [-0.05, 0) is 26.3 Å². The molecule has 0 bridgehead atoms. The van der Waals surface area contributed by atoms with Gasteiger partial charge in [-0.2, -0.15) is 0 Å². The van der Waals surface area contributed by atoms with Crippen molar-refractivity contribution in [1.82, 2.24) is 14.5 Å². The Morgan fingerprint density at radius 1 is 1.35 bits per heavy atom. The molecular formula is C17H21N3O5S. The number of esters is 1. The highest BCUT2D eigenvalue weighted by molar-refractivity contribution is 7.20. The lowest BCUT2D eigenvalue weighted by Crippen LogP contribution is -2.43. The van der Waals surface area contributed by atoms with Gasteiger partial charge in [-0.25, -0.2) is 9.78 Å². The van der Waals surface area contributed by atoms with Crippen LogP contribution in [0, 0.1) is 6.92 Å². The first-order chi connectivity index (χ1) is 12.4. The number of thiophene rings is 1. The van der Waals surface area contributed by atoms with E-state index in [2.05, 4.69) is 4.98 Å². The number of aromatic nitrogens is 2. The van der Waals surface area contributed by atoms with E-state index in [-0.39, 0.29) is 24.1 Å². The van der Waals surface area contributed by atoms with Gasteiger partial charge in [-0.1, -0.05) is 0 Å². The number of carbonyl (C=O) groups is 2. The number of nitrogens with zero attached hydrogens (tertiary/aromatic N) is 3. The van der Waals surface area contributed by atoms with Crippen molar-refractivity contribution in [1.29, 1.82) is 0 Å².